The molecule has 1 aliphatic rings. The number of aliphatic hydroxyl groups excluding tert-OH is 1. The Labute approximate surface area is 134 Å². The Bertz CT molecular complexity index is 679. The second-order valence-electron chi connectivity index (χ2n) is 4.87. The van der Waals surface area contributed by atoms with Gasteiger partial charge in [0.15, 0.2) is 0 Å². The molecule has 2 aromatic rings. The Balaban J connectivity index is 1.97. The van der Waals surface area contributed by atoms with Crippen molar-refractivity contribution >= 4 is 33.2 Å². The molecule has 6 heteroatoms. The molecular formula is C15H14BrNO3S. The Kier molecular flexibility index (Phi) is 4.01. The van der Waals surface area contributed by atoms with Crippen LogP contribution in [-0.2, 0) is 0 Å². The highest BCUT2D eigenvalue weighted by Crippen LogP contribution is 2.35. The van der Waals surface area contributed by atoms with Gasteiger partial charge in [-0.3, -0.25) is 4.79 Å². The highest BCUT2D eigenvalue weighted by Gasteiger charge is 2.20. The molecule has 2 N–H and O–H groups in total. The monoisotopic (exact) mass is 367 g/mol. The normalized spacial score (nSPS) is 15.7. The van der Waals surface area contributed by atoms with Crippen LogP contribution in [0.1, 0.15) is 32.5 Å². The lowest BCUT2D eigenvalue weighted by atomic mass is 10.0. The van der Waals surface area contributed by atoms with Gasteiger partial charge in [0.1, 0.15) is 18.5 Å². The first-order valence-electron chi connectivity index (χ1n) is 6.55. The Morgan fingerprint density at radius 2 is 2.24 bits per heavy atom. The van der Waals surface area contributed by atoms with E-state index in [9.17, 15) is 9.90 Å². The average Bonchev–Trinajstić information content (AvgIpc) is 2.70. The molecule has 0 spiro atoms. The minimum atomic E-state index is -0.749. The number of aryl methyl sites for hydroxylation is 1. The summed E-state index contributed by atoms with van der Waals surface area (Å²) in [6.07, 6.45) is -0.749. The van der Waals surface area contributed by atoms with Gasteiger partial charge >= 0.3 is 0 Å². The Hall–Kier alpha value is -1.37. The van der Waals surface area contributed by atoms with Crippen LogP contribution in [0.5, 0.6) is 5.75 Å². The van der Waals surface area contributed by atoms with Gasteiger partial charge < -0.3 is 15.2 Å². The minimum absolute atomic E-state index is 0.167. The smallest absolute Gasteiger partial charge is 0.255 e. The number of carbonyl (C=O) groups is 1. The van der Waals surface area contributed by atoms with E-state index >= 15 is 0 Å². The van der Waals surface area contributed by atoms with Gasteiger partial charge in [-0.2, -0.15) is 0 Å². The maximum atomic E-state index is 12.0. The SMILES string of the molecule is Cc1cc(C(O)c2ccc3c(c2)C(=O)NCCO3)sc1Br. The number of hydrogen-bond acceptors (Lipinski definition) is 4. The van der Waals surface area contributed by atoms with E-state index in [1.54, 1.807) is 18.2 Å². The van der Waals surface area contributed by atoms with Crippen LogP contribution in [0, 0.1) is 6.92 Å². The van der Waals surface area contributed by atoms with Crippen molar-refractivity contribution < 1.29 is 14.6 Å². The van der Waals surface area contributed by atoms with Gasteiger partial charge in [-0.25, -0.2) is 0 Å². The molecule has 0 bridgehead atoms. The van der Waals surface area contributed by atoms with E-state index in [1.807, 2.05) is 13.0 Å². The van der Waals surface area contributed by atoms with Gasteiger partial charge in [-0.05, 0) is 52.2 Å². The molecular weight excluding hydrogens is 354 g/mol. The van der Waals surface area contributed by atoms with Crippen molar-refractivity contribution in [2.24, 2.45) is 0 Å². The van der Waals surface area contributed by atoms with Crippen LogP contribution >= 0.6 is 27.3 Å². The lowest BCUT2D eigenvalue weighted by molar-refractivity contribution is 0.0957. The summed E-state index contributed by atoms with van der Waals surface area (Å²) in [5, 5.41) is 13.3. The standard InChI is InChI=1S/C15H14BrNO3S/c1-8-6-12(21-14(8)16)13(18)9-2-3-11-10(7-9)15(19)17-4-5-20-11/h2-3,6-7,13,18H,4-5H2,1H3,(H,17,19). The number of rotatable bonds is 2. The molecule has 1 unspecified atom stereocenters. The molecule has 0 radical (unpaired) electrons. The predicted octanol–water partition coefficient (Wildman–Crippen LogP) is 3.02. The molecule has 3 rings (SSSR count). The molecule has 0 saturated heterocycles. The minimum Gasteiger partial charge on any atom is -0.491 e. The van der Waals surface area contributed by atoms with Gasteiger partial charge in [0.2, 0.25) is 0 Å². The summed E-state index contributed by atoms with van der Waals surface area (Å²) in [6, 6.07) is 7.19. The third-order valence-electron chi connectivity index (χ3n) is 3.35. The van der Waals surface area contributed by atoms with E-state index in [1.165, 1.54) is 11.3 Å². The number of benzene rings is 1. The van der Waals surface area contributed by atoms with Crippen molar-refractivity contribution in [1.82, 2.24) is 5.32 Å². The number of ether oxygens (including phenoxy) is 1. The van der Waals surface area contributed by atoms with Crippen LogP contribution in [-0.4, -0.2) is 24.2 Å². The molecule has 2 heterocycles. The molecule has 110 valence electrons. The first-order chi connectivity index (χ1) is 10.1. The topological polar surface area (TPSA) is 58.6 Å². The number of hydrogen-bond donors (Lipinski definition) is 2. The zero-order chi connectivity index (χ0) is 15.0. The highest BCUT2D eigenvalue weighted by molar-refractivity contribution is 9.11. The number of aliphatic hydroxyl groups is 1. The van der Waals surface area contributed by atoms with Crippen LogP contribution < -0.4 is 10.1 Å². The zero-order valence-corrected chi connectivity index (χ0v) is 13.8. The third-order valence-corrected chi connectivity index (χ3v) is 5.54. The van der Waals surface area contributed by atoms with Gasteiger partial charge in [-0.15, -0.1) is 11.3 Å². The predicted molar refractivity (Wildman–Crippen MR) is 85.1 cm³/mol. The van der Waals surface area contributed by atoms with Crippen molar-refractivity contribution in [2.45, 2.75) is 13.0 Å². The lowest BCUT2D eigenvalue weighted by Crippen LogP contribution is -2.24. The first kappa shape index (κ1) is 14.6. The van der Waals surface area contributed by atoms with E-state index in [2.05, 4.69) is 21.2 Å². The van der Waals surface area contributed by atoms with Crippen LogP contribution in [0.15, 0.2) is 28.1 Å². The largest absolute Gasteiger partial charge is 0.491 e. The zero-order valence-electron chi connectivity index (χ0n) is 11.4. The molecule has 1 aromatic carbocycles. The van der Waals surface area contributed by atoms with Crippen LogP contribution in [0.2, 0.25) is 0 Å². The molecule has 4 nitrogen and oxygen atoms in total. The van der Waals surface area contributed by atoms with Crippen molar-refractivity contribution in [3.63, 3.8) is 0 Å². The average molecular weight is 368 g/mol. The maximum Gasteiger partial charge on any atom is 0.255 e. The Morgan fingerprint density at radius 1 is 1.43 bits per heavy atom. The van der Waals surface area contributed by atoms with Crippen molar-refractivity contribution in [3.8, 4) is 5.75 Å². The summed E-state index contributed by atoms with van der Waals surface area (Å²) in [7, 11) is 0. The number of carbonyl (C=O) groups excluding carboxylic acids is 1. The molecule has 1 aromatic heterocycles. The van der Waals surface area contributed by atoms with Gasteiger partial charge in [0, 0.05) is 4.88 Å². The summed E-state index contributed by atoms with van der Waals surface area (Å²) in [4.78, 5) is 12.8. The van der Waals surface area contributed by atoms with E-state index in [0.29, 0.717) is 30.0 Å². The number of thiophene rings is 1. The molecule has 21 heavy (non-hydrogen) atoms. The lowest BCUT2D eigenvalue weighted by Gasteiger charge is -2.12. The second kappa shape index (κ2) is 5.79. The summed E-state index contributed by atoms with van der Waals surface area (Å²) < 4.78 is 6.52. The molecule has 1 amide bonds. The fraction of sp³-hybridized carbons (Fsp3) is 0.267. The number of halogens is 1. The highest BCUT2D eigenvalue weighted by atomic mass is 79.9. The van der Waals surface area contributed by atoms with Gasteiger partial charge in [0.05, 0.1) is 15.9 Å². The van der Waals surface area contributed by atoms with Gasteiger partial charge in [-0.1, -0.05) is 6.07 Å². The quantitative estimate of drug-likeness (QED) is 0.857. The summed E-state index contributed by atoms with van der Waals surface area (Å²) in [5.41, 5.74) is 2.24. The van der Waals surface area contributed by atoms with Crippen LogP contribution in [0.25, 0.3) is 0 Å². The van der Waals surface area contributed by atoms with Crippen molar-refractivity contribution in [2.75, 3.05) is 13.2 Å². The van der Waals surface area contributed by atoms with Crippen LogP contribution in [0.3, 0.4) is 0 Å². The Morgan fingerprint density at radius 3 is 2.95 bits per heavy atom. The van der Waals surface area contributed by atoms with E-state index in [0.717, 1.165) is 14.2 Å². The molecule has 1 aliphatic heterocycles. The molecule has 1 atom stereocenters. The number of nitrogens with one attached hydrogen (secondary N) is 1. The summed E-state index contributed by atoms with van der Waals surface area (Å²) in [5.74, 6) is 0.393. The summed E-state index contributed by atoms with van der Waals surface area (Å²) >= 11 is 4.95. The van der Waals surface area contributed by atoms with E-state index < -0.39 is 6.10 Å². The first-order valence-corrected chi connectivity index (χ1v) is 8.16. The fourth-order valence-electron chi connectivity index (χ4n) is 2.22. The molecule has 0 saturated carbocycles. The van der Waals surface area contributed by atoms with Gasteiger partial charge in [0.25, 0.3) is 5.91 Å². The number of fused-ring (bicyclic) bond motifs is 1. The fourth-order valence-corrected chi connectivity index (χ4v) is 3.81. The maximum absolute atomic E-state index is 12.0. The van der Waals surface area contributed by atoms with E-state index in [-0.39, 0.29) is 5.91 Å². The van der Waals surface area contributed by atoms with Crippen molar-refractivity contribution in [1.29, 1.82) is 0 Å². The van der Waals surface area contributed by atoms with E-state index in [4.69, 9.17) is 4.74 Å². The molecule has 0 fully saturated rings. The second-order valence-corrected chi connectivity index (χ2v) is 7.27. The third kappa shape index (κ3) is 2.84. The molecule has 0 aliphatic carbocycles. The number of amides is 1. The summed E-state index contributed by atoms with van der Waals surface area (Å²) in [6.45, 7) is 2.93. The van der Waals surface area contributed by atoms with Crippen molar-refractivity contribution in [3.05, 3.63) is 49.6 Å². The van der Waals surface area contributed by atoms with Crippen LogP contribution in [0.4, 0.5) is 0 Å².